The van der Waals surface area contributed by atoms with E-state index < -0.39 is 5.92 Å². The van der Waals surface area contributed by atoms with E-state index in [1.807, 2.05) is 25.5 Å². The van der Waals surface area contributed by atoms with Crippen LogP contribution in [0.3, 0.4) is 0 Å². The van der Waals surface area contributed by atoms with Crippen LogP contribution in [0.4, 0.5) is 5.69 Å². The van der Waals surface area contributed by atoms with E-state index in [0.29, 0.717) is 36.0 Å². The molecule has 168 valence electrons. The van der Waals surface area contributed by atoms with E-state index in [9.17, 15) is 9.59 Å². The van der Waals surface area contributed by atoms with E-state index in [4.69, 9.17) is 14.2 Å². The first kappa shape index (κ1) is 22.9. The molecule has 0 saturated carbocycles. The average Bonchev–Trinajstić information content (AvgIpc) is 3.42. The molecule has 0 spiro atoms. The van der Waals surface area contributed by atoms with Crippen molar-refractivity contribution in [3.05, 3.63) is 34.5 Å². The van der Waals surface area contributed by atoms with Gasteiger partial charge in [0.15, 0.2) is 11.5 Å². The van der Waals surface area contributed by atoms with Gasteiger partial charge in [-0.1, -0.05) is 6.07 Å². The molecule has 1 fully saturated rings. The first-order valence-electron chi connectivity index (χ1n) is 9.97. The van der Waals surface area contributed by atoms with Gasteiger partial charge in [0.2, 0.25) is 17.6 Å². The zero-order chi connectivity index (χ0) is 22.5. The topological polar surface area (TPSA) is 80.3 Å². The fourth-order valence-corrected chi connectivity index (χ4v) is 4.64. The SMILES string of the molecule is COc1cc(N2CC(C(=O)NCC(c3cccs3)N(C)C)CC2=O)cc(OC)c1OC. The largest absolute Gasteiger partial charge is 0.493 e. The van der Waals surface area contributed by atoms with E-state index in [2.05, 4.69) is 16.3 Å². The summed E-state index contributed by atoms with van der Waals surface area (Å²) in [5, 5.41) is 5.05. The minimum absolute atomic E-state index is 0.0901. The number of carbonyl (C=O) groups is 2. The summed E-state index contributed by atoms with van der Waals surface area (Å²) in [6.45, 7) is 0.788. The molecule has 2 aromatic rings. The Morgan fingerprint density at radius 3 is 2.42 bits per heavy atom. The number of ether oxygens (including phenoxy) is 3. The fraction of sp³-hybridized carbons (Fsp3) is 0.455. The highest BCUT2D eigenvalue weighted by atomic mass is 32.1. The van der Waals surface area contributed by atoms with Crippen molar-refractivity contribution < 1.29 is 23.8 Å². The molecule has 3 rings (SSSR count). The van der Waals surface area contributed by atoms with Crippen LogP contribution in [-0.2, 0) is 9.59 Å². The van der Waals surface area contributed by atoms with Gasteiger partial charge < -0.3 is 29.3 Å². The van der Waals surface area contributed by atoms with E-state index >= 15 is 0 Å². The molecule has 1 aromatic carbocycles. The number of nitrogens with zero attached hydrogens (tertiary/aromatic N) is 2. The van der Waals surface area contributed by atoms with Crippen LogP contribution < -0.4 is 24.4 Å². The molecule has 31 heavy (non-hydrogen) atoms. The highest BCUT2D eigenvalue weighted by Crippen LogP contribution is 2.42. The van der Waals surface area contributed by atoms with Crippen LogP contribution >= 0.6 is 11.3 Å². The van der Waals surface area contributed by atoms with Crippen molar-refractivity contribution in [3.8, 4) is 17.2 Å². The molecule has 0 aliphatic carbocycles. The first-order valence-corrected chi connectivity index (χ1v) is 10.9. The van der Waals surface area contributed by atoms with Gasteiger partial charge in [-0.3, -0.25) is 9.59 Å². The molecule has 1 aliphatic rings. The molecule has 2 heterocycles. The molecule has 1 N–H and O–H groups in total. The normalized spacial score (nSPS) is 17.0. The third-order valence-corrected chi connectivity index (χ3v) is 6.40. The molecule has 9 heteroatoms. The molecule has 2 unspecified atom stereocenters. The van der Waals surface area contributed by atoms with Crippen molar-refractivity contribution in [1.82, 2.24) is 10.2 Å². The number of benzene rings is 1. The molecule has 1 saturated heterocycles. The lowest BCUT2D eigenvalue weighted by Crippen LogP contribution is -2.38. The fourth-order valence-electron chi connectivity index (χ4n) is 3.72. The van der Waals surface area contributed by atoms with E-state index in [-0.39, 0.29) is 24.3 Å². The van der Waals surface area contributed by atoms with Crippen LogP contribution in [0, 0.1) is 5.92 Å². The summed E-state index contributed by atoms with van der Waals surface area (Å²) < 4.78 is 16.1. The number of anilines is 1. The number of carbonyl (C=O) groups excluding carboxylic acids is 2. The second-order valence-electron chi connectivity index (χ2n) is 7.53. The Morgan fingerprint density at radius 1 is 1.23 bits per heavy atom. The van der Waals surface area contributed by atoms with Gasteiger partial charge in [0.25, 0.3) is 0 Å². The lowest BCUT2D eigenvalue weighted by atomic mass is 10.1. The lowest BCUT2D eigenvalue weighted by molar-refractivity contribution is -0.126. The van der Waals surface area contributed by atoms with Gasteiger partial charge in [-0.2, -0.15) is 0 Å². The Labute approximate surface area is 186 Å². The highest BCUT2D eigenvalue weighted by Gasteiger charge is 2.36. The van der Waals surface area contributed by atoms with E-state index in [0.717, 1.165) is 0 Å². The number of hydrogen-bond acceptors (Lipinski definition) is 7. The molecule has 0 bridgehead atoms. The van der Waals surface area contributed by atoms with Crippen molar-refractivity contribution in [2.24, 2.45) is 5.92 Å². The van der Waals surface area contributed by atoms with Gasteiger partial charge >= 0.3 is 0 Å². The predicted octanol–water partition coefficient (Wildman–Crippen LogP) is 2.55. The number of methoxy groups -OCH3 is 3. The van der Waals surface area contributed by atoms with E-state index in [1.165, 1.54) is 26.2 Å². The van der Waals surface area contributed by atoms with Crippen LogP contribution in [0.1, 0.15) is 17.3 Å². The van der Waals surface area contributed by atoms with Crippen LogP contribution in [0.5, 0.6) is 17.2 Å². The molecule has 1 aliphatic heterocycles. The maximum Gasteiger partial charge on any atom is 0.227 e. The lowest BCUT2D eigenvalue weighted by Gasteiger charge is -2.24. The maximum absolute atomic E-state index is 12.8. The monoisotopic (exact) mass is 447 g/mol. The number of thiophene rings is 1. The quantitative estimate of drug-likeness (QED) is 0.636. The summed E-state index contributed by atoms with van der Waals surface area (Å²) in [5.41, 5.74) is 0.611. The average molecular weight is 448 g/mol. The van der Waals surface area contributed by atoms with Crippen molar-refractivity contribution in [2.75, 3.05) is 53.4 Å². The van der Waals surface area contributed by atoms with Gasteiger partial charge in [-0.05, 0) is 25.5 Å². The number of nitrogens with one attached hydrogen (secondary N) is 1. The first-order chi connectivity index (χ1) is 14.9. The second-order valence-corrected chi connectivity index (χ2v) is 8.51. The Balaban J connectivity index is 1.70. The maximum atomic E-state index is 12.8. The zero-order valence-corrected chi connectivity index (χ0v) is 19.3. The molecule has 2 atom stereocenters. The third-order valence-electron chi connectivity index (χ3n) is 5.42. The van der Waals surface area contributed by atoms with Gasteiger partial charge in [0.1, 0.15) is 0 Å². The van der Waals surface area contributed by atoms with E-state index in [1.54, 1.807) is 28.4 Å². The van der Waals surface area contributed by atoms with Gasteiger partial charge in [0.05, 0.1) is 39.0 Å². The summed E-state index contributed by atoms with van der Waals surface area (Å²) in [6.07, 6.45) is 0.161. The minimum atomic E-state index is -0.419. The molecule has 8 nitrogen and oxygen atoms in total. The molecule has 2 amide bonds. The number of hydrogen-bond donors (Lipinski definition) is 1. The highest BCUT2D eigenvalue weighted by molar-refractivity contribution is 7.10. The summed E-state index contributed by atoms with van der Waals surface area (Å²) in [4.78, 5) is 30.4. The number of amides is 2. The summed E-state index contributed by atoms with van der Waals surface area (Å²) in [6, 6.07) is 7.60. The summed E-state index contributed by atoms with van der Waals surface area (Å²) >= 11 is 1.66. The van der Waals surface area contributed by atoms with Gasteiger partial charge in [0, 0.05) is 36.5 Å². The standard InChI is InChI=1S/C22H29N3O5S/c1-24(2)16(19-7-6-8-31-19)12-23-22(27)14-9-20(26)25(13-14)15-10-17(28-3)21(30-5)18(11-15)29-4/h6-8,10-11,14,16H,9,12-13H2,1-5H3,(H,23,27). The predicted molar refractivity (Wildman–Crippen MR) is 120 cm³/mol. The zero-order valence-electron chi connectivity index (χ0n) is 18.5. The number of rotatable bonds is 9. The second kappa shape index (κ2) is 10.0. The minimum Gasteiger partial charge on any atom is -0.493 e. The Bertz CT molecular complexity index is 891. The van der Waals surface area contributed by atoms with Crippen LogP contribution in [0.15, 0.2) is 29.6 Å². The van der Waals surface area contributed by atoms with Crippen molar-refractivity contribution >= 4 is 28.8 Å². The van der Waals surface area contributed by atoms with Crippen molar-refractivity contribution in [1.29, 1.82) is 0 Å². The Morgan fingerprint density at radius 2 is 1.90 bits per heavy atom. The summed E-state index contributed by atoms with van der Waals surface area (Å²) in [7, 11) is 8.55. The number of likely N-dealkylation sites (N-methyl/N-ethyl adjacent to an activating group) is 1. The molecular weight excluding hydrogens is 418 g/mol. The van der Waals surface area contributed by atoms with Gasteiger partial charge in [-0.25, -0.2) is 0 Å². The molecule has 1 aromatic heterocycles. The third kappa shape index (κ3) is 4.94. The smallest absolute Gasteiger partial charge is 0.227 e. The van der Waals surface area contributed by atoms with Crippen LogP contribution in [-0.4, -0.2) is 65.2 Å². The molecule has 0 radical (unpaired) electrons. The summed E-state index contributed by atoms with van der Waals surface area (Å²) in [5.74, 6) is 0.726. The van der Waals surface area contributed by atoms with Crippen LogP contribution in [0.25, 0.3) is 0 Å². The Kier molecular flexibility index (Phi) is 7.40. The van der Waals surface area contributed by atoms with Crippen molar-refractivity contribution in [2.45, 2.75) is 12.5 Å². The van der Waals surface area contributed by atoms with Gasteiger partial charge in [-0.15, -0.1) is 11.3 Å². The Hall–Kier alpha value is -2.78. The van der Waals surface area contributed by atoms with Crippen LogP contribution in [0.2, 0.25) is 0 Å². The van der Waals surface area contributed by atoms with Crippen molar-refractivity contribution in [3.63, 3.8) is 0 Å². The molecular formula is C22H29N3O5S.